The molecule has 0 unspecified atom stereocenters. The van der Waals surface area contributed by atoms with Crippen molar-refractivity contribution in [3.63, 3.8) is 0 Å². The smallest absolute Gasteiger partial charge is 0.272 e. The molecule has 0 aromatic carbocycles. The molecule has 0 aliphatic carbocycles. The van der Waals surface area contributed by atoms with Crippen molar-refractivity contribution in [2.75, 3.05) is 5.32 Å². The maximum atomic E-state index is 12.4. The number of hydrogen-bond donors (Lipinski definition) is 2. The van der Waals surface area contributed by atoms with Gasteiger partial charge in [0.15, 0.2) is 0 Å². The molecular formula is C15H12Br2N4O3S. The molecule has 0 aliphatic rings. The molecule has 0 fully saturated rings. The Morgan fingerprint density at radius 3 is 2.80 bits per heavy atom. The van der Waals surface area contributed by atoms with Crippen molar-refractivity contribution in [2.45, 2.75) is 6.54 Å². The van der Waals surface area contributed by atoms with Crippen LogP contribution in [0.5, 0.6) is 0 Å². The number of aryl methyl sites for hydroxylation is 1. The fraction of sp³-hybridized carbons (Fsp3) is 0.133. The fourth-order valence-electron chi connectivity index (χ4n) is 2.10. The lowest BCUT2D eigenvalue weighted by Gasteiger charge is -2.07. The first-order chi connectivity index (χ1) is 12.0. The summed E-state index contributed by atoms with van der Waals surface area (Å²) >= 11 is 7.99. The zero-order chi connectivity index (χ0) is 18.0. The van der Waals surface area contributed by atoms with Crippen LogP contribution in [0.1, 0.15) is 25.9 Å². The van der Waals surface area contributed by atoms with Crippen LogP contribution in [-0.4, -0.2) is 21.6 Å². The highest BCUT2D eigenvalue weighted by Gasteiger charge is 2.20. The SMILES string of the molecule is Cn1ncc(NC(=O)c2cc(Br)c(Br)s2)c1C(=O)NCc1ccco1. The Kier molecular flexibility index (Phi) is 5.40. The predicted molar refractivity (Wildman–Crippen MR) is 101 cm³/mol. The summed E-state index contributed by atoms with van der Waals surface area (Å²) in [7, 11) is 1.63. The summed E-state index contributed by atoms with van der Waals surface area (Å²) in [6.07, 6.45) is 2.98. The number of nitrogens with zero attached hydrogens (tertiary/aromatic N) is 2. The van der Waals surface area contributed by atoms with E-state index in [-0.39, 0.29) is 24.1 Å². The fourth-order valence-corrected chi connectivity index (χ4v) is 4.04. The number of anilines is 1. The van der Waals surface area contributed by atoms with Crippen molar-refractivity contribution < 1.29 is 14.0 Å². The van der Waals surface area contributed by atoms with Crippen LogP contribution in [0, 0.1) is 0 Å². The number of carbonyl (C=O) groups excluding carboxylic acids is 2. The van der Waals surface area contributed by atoms with E-state index in [1.807, 2.05) is 0 Å². The average Bonchev–Trinajstić information content (AvgIpc) is 3.28. The molecule has 0 bridgehead atoms. The summed E-state index contributed by atoms with van der Waals surface area (Å²) in [6.45, 7) is 0.245. The summed E-state index contributed by atoms with van der Waals surface area (Å²) in [4.78, 5) is 25.3. The molecule has 7 nitrogen and oxygen atoms in total. The predicted octanol–water partition coefficient (Wildman–Crippen LogP) is 3.78. The lowest BCUT2D eigenvalue weighted by Crippen LogP contribution is -2.26. The maximum Gasteiger partial charge on any atom is 0.272 e. The van der Waals surface area contributed by atoms with Crippen molar-refractivity contribution in [1.82, 2.24) is 15.1 Å². The molecule has 0 radical (unpaired) electrons. The molecule has 3 aromatic rings. The van der Waals surface area contributed by atoms with Gasteiger partial charge in [0.1, 0.15) is 11.5 Å². The quantitative estimate of drug-likeness (QED) is 0.573. The minimum absolute atomic E-state index is 0.245. The van der Waals surface area contributed by atoms with Gasteiger partial charge in [-0.25, -0.2) is 0 Å². The molecule has 3 heterocycles. The van der Waals surface area contributed by atoms with Crippen LogP contribution in [0.2, 0.25) is 0 Å². The third-order valence-corrected chi connectivity index (χ3v) is 6.53. The van der Waals surface area contributed by atoms with Gasteiger partial charge in [-0.05, 0) is 50.1 Å². The molecule has 130 valence electrons. The molecule has 2 amide bonds. The molecule has 25 heavy (non-hydrogen) atoms. The Bertz CT molecular complexity index is 898. The van der Waals surface area contributed by atoms with E-state index in [0.717, 1.165) is 8.26 Å². The van der Waals surface area contributed by atoms with Crippen LogP contribution in [-0.2, 0) is 13.6 Å². The van der Waals surface area contributed by atoms with Gasteiger partial charge in [0.05, 0.1) is 33.4 Å². The highest BCUT2D eigenvalue weighted by Crippen LogP contribution is 2.32. The normalized spacial score (nSPS) is 10.7. The maximum absolute atomic E-state index is 12.4. The largest absolute Gasteiger partial charge is 0.467 e. The second-order valence-electron chi connectivity index (χ2n) is 4.98. The van der Waals surface area contributed by atoms with E-state index in [0.29, 0.717) is 16.3 Å². The lowest BCUT2D eigenvalue weighted by molar-refractivity contribution is 0.0939. The van der Waals surface area contributed by atoms with E-state index in [9.17, 15) is 9.59 Å². The van der Waals surface area contributed by atoms with Gasteiger partial charge in [-0.15, -0.1) is 11.3 Å². The van der Waals surface area contributed by atoms with Gasteiger partial charge < -0.3 is 15.1 Å². The van der Waals surface area contributed by atoms with Crippen molar-refractivity contribution >= 4 is 60.7 Å². The number of nitrogens with one attached hydrogen (secondary N) is 2. The van der Waals surface area contributed by atoms with Gasteiger partial charge in [-0.2, -0.15) is 5.10 Å². The zero-order valence-corrected chi connectivity index (χ0v) is 16.9. The minimum Gasteiger partial charge on any atom is -0.467 e. The molecule has 0 atom stereocenters. The first-order valence-corrected chi connectivity index (χ1v) is 9.44. The number of rotatable bonds is 5. The van der Waals surface area contributed by atoms with Gasteiger partial charge in [0.25, 0.3) is 11.8 Å². The number of furan rings is 1. The molecule has 0 saturated heterocycles. The molecule has 3 aromatic heterocycles. The zero-order valence-electron chi connectivity index (χ0n) is 12.9. The summed E-state index contributed by atoms with van der Waals surface area (Å²) < 4.78 is 8.21. The van der Waals surface area contributed by atoms with Crippen molar-refractivity contribution in [3.05, 3.63) is 55.2 Å². The minimum atomic E-state index is -0.361. The van der Waals surface area contributed by atoms with E-state index < -0.39 is 0 Å². The number of carbonyl (C=O) groups is 2. The van der Waals surface area contributed by atoms with E-state index in [1.165, 1.54) is 28.5 Å². The Hall–Kier alpha value is -1.91. The molecule has 10 heteroatoms. The summed E-state index contributed by atoms with van der Waals surface area (Å²) in [5.74, 6) is -0.0425. The van der Waals surface area contributed by atoms with Crippen LogP contribution < -0.4 is 10.6 Å². The van der Waals surface area contributed by atoms with E-state index in [2.05, 4.69) is 47.6 Å². The molecule has 0 spiro atoms. The average molecular weight is 488 g/mol. The van der Waals surface area contributed by atoms with Gasteiger partial charge in [0, 0.05) is 11.5 Å². The van der Waals surface area contributed by atoms with Crippen molar-refractivity contribution in [2.24, 2.45) is 7.05 Å². The standard InChI is InChI=1S/C15H12Br2N4O3S/c1-21-12(15(23)18-6-8-3-2-4-24-8)10(7-19-21)20-14(22)11-5-9(16)13(17)25-11/h2-5,7H,6H2,1H3,(H,18,23)(H,20,22). The molecule has 3 rings (SSSR count). The summed E-state index contributed by atoms with van der Waals surface area (Å²) in [6, 6.07) is 5.21. The molecule has 2 N–H and O–H groups in total. The summed E-state index contributed by atoms with van der Waals surface area (Å²) in [5, 5.41) is 9.52. The Labute approximate surface area is 163 Å². The Morgan fingerprint density at radius 1 is 1.36 bits per heavy atom. The topological polar surface area (TPSA) is 89.2 Å². The van der Waals surface area contributed by atoms with Crippen LogP contribution in [0.25, 0.3) is 0 Å². The highest BCUT2D eigenvalue weighted by molar-refractivity contribution is 9.13. The van der Waals surface area contributed by atoms with Gasteiger partial charge in [-0.1, -0.05) is 0 Å². The Morgan fingerprint density at radius 2 is 2.16 bits per heavy atom. The number of halogens is 2. The van der Waals surface area contributed by atoms with Crippen molar-refractivity contribution in [1.29, 1.82) is 0 Å². The summed E-state index contributed by atoms with van der Waals surface area (Å²) in [5.41, 5.74) is 0.597. The number of hydrogen-bond acceptors (Lipinski definition) is 5. The van der Waals surface area contributed by atoms with Gasteiger partial charge >= 0.3 is 0 Å². The van der Waals surface area contributed by atoms with E-state index in [1.54, 1.807) is 25.2 Å². The number of aromatic nitrogens is 2. The third-order valence-electron chi connectivity index (χ3n) is 3.27. The molecule has 0 aliphatic heterocycles. The third kappa shape index (κ3) is 4.02. The number of thiophene rings is 1. The van der Waals surface area contributed by atoms with E-state index in [4.69, 9.17) is 4.42 Å². The monoisotopic (exact) mass is 486 g/mol. The first-order valence-electron chi connectivity index (χ1n) is 7.04. The van der Waals surface area contributed by atoms with Crippen LogP contribution in [0.15, 0.2) is 43.3 Å². The van der Waals surface area contributed by atoms with E-state index >= 15 is 0 Å². The second-order valence-corrected chi connectivity index (χ2v) is 8.20. The highest BCUT2D eigenvalue weighted by atomic mass is 79.9. The molecule has 0 saturated carbocycles. The second kappa shape index (κ2) is 7.54. The number of amides is 2. The van der Waals surface area contributed by atoms with Gasteiger partial charge in [0.2, 0.25) is 0 Å². The van der Waals surface area contributed by atoms with Crippen molar-refractivity contribution in [3.8, 4) is 0 Å². The van der Waals surface area contributed by atoms with Crippen LogP contribution in [0.4, 0.5) is 5.69 Å². The first kappa shape index (κ1) is 17.9. The van der Waals surface area contributed by atoms with Gasteiger partial charge in [-0.3, -0.25) is 14.3 Å². The Balaban J connectivity index is 1.74. The lowest BCUT2D eigenvalue weighted by atomic mass is 10.3. The molecular weight excluding hydrogens is 476 g/mol. The van der Waals surface area contributed by atoms with Crippen LogP contribution >= 0.6 is 43.2 Å². The van der Waals surface area contributed by atoms with Crippen LogP contribution in [0.3, 0.4) is 0 Å².